The van der Waals surface area contributed by atoms with Gasteiger partial charge >= 0.3 is 0 Å². The summed E-state index contributed by atoms with van der Waals surface area (Å²) in [5.41, 5.74) is 3.89. The van der Waals surface area contributed by atoms with Gasteiger partial charge in [-0.1, -0.05) is 46.3 Å². The average Bonchev–Trinajstić information content (AvgIpc) is 2.69. The summed E-state index contributed by atoms with van der Waals surface area (Å²) < 4.78 is 2.09. The molecule has 4 aromatic rings. The van der Waals surface area contributed by atoms with Gasteiger partial charge in [0.05, 0.1) is 16.8 Å². The molecule has 132 valence electrons. The van der Waals surface area contributed by atoms with Gasteiger partial charge in [-0.3, -0.25) is 4.79 Å². The molecule has 0 saturated heterocycles. The van der Waals surface area contributed by atoms with Crippen LogP contribution < -0.4 is 5.32 Å². The highest BCUT2D eigenvalue weighted by atomic mass is 127. The third-order valence-electron chi connectivity index (χ3n) is 4.18. The van der Waals surface area contributed by atoms with Crippen LogP contribution in [0.5, 0.6) is 0 Å². The van der Waals surface area contributed by atoms with Gasteiger partial charge in [0.15, 0.2) is 0 Å². The largest absolute Gasteiger partial charge is 0.322 e. The minimum Gasteiger partial charge on any atom is -0.322 e. The first-order valence-electron chi connectivity index (χ1n) is 8.33. The van der Waals surface area contributed by atoms with E-state index in [0.29, 0.717) is 5.56 Å². The Kier molecular flexibility index (Phi) is 5.22. The number of fused-ring (bicyclic) bond motifs is 1. The molecule has 0 bridgehead atoms. The number of carbonyl (C=O) groups is 1. The second-order valence-corrected chi connectivity index (χ2v) is 8.20. The number of para-hydroxylation sites is 1. The summed E-state index contributed by atoms with van der Waals surface area (Å²) in [6.07, 6.45) is 0. The van der Waals surface area contributed by atoms with Crippen molar-refractivity contribution in [3.8, 4) is 11.3 Å². The molecule has 3 aromatic carbocycles. The zero-order chi connectivity index (χ0) is 18.8. The molecule has 0 fully saturated rings. The average molecular weight is 529 g/mol. The normalized spacial score (nSPS) is 10.7. The Hall–Kier alpha value is -2.25. The van der Waals surface area contributed by atoms with Crippen LogP contribution in [-0.4, -0.2) is 10.9 Å². The number of nitrogens with one attached hydrogen (secondary N) is 1. The predicted molar refractivity (Wildman–Crippen MR) is 122 cm³/mol. The van der Waals surface area contributed by atoms with Gasteiger partial charge in [-0.2, -0.15) is 0 Å². The van der Waals surface area contributed by atoms with E-state index in [9.17, 15) is 4.79 Å². The SMILES string of the molecule is O=C(Nc1ccc(I)cc1)c1cc(-c2cccc(Br)c2)nc2ccccc12. The molecule has 5 heteroatoms. The predicted octanol–water partition coefficient (Wildman–Crippen LogP) is 6.52. The Labute approximate surface area is 179 Å². The third-order valence-corrected chi connectivity index (χ3v) is 5.40. The van der Waals surface area contributed by atoms with Gasteiger partial charge < -0.3 is 5.32 Å². The molecule has 0 unspecified atom stereocenters. The van der Waals surface area contributed by atoms with Gasteiger partial charge in [0, 0.05) is 24.7 Å². The van der Waals surface area contributed by atoms with Crippen LogP contribution in [0.4, 0.5) is 5.69 Å². The monoisotopic (exact) mass is 528 g/mol. The second kappa shape index (κ2) is 7.78. The Balaban J connectivity index is 1.80. The number of anilines is 1. The molecular formula is C22H14BrIN2O. The maximum atomic E-state index is 13.0. The van der Waals surface area contributed by atoms with Crippen LogP contribution in [0.15, 0.2) is 83.3 Å². The lowest BCUT2D eigenvalue weighted by atomic mass is 10.0. The first kappa shape index (κ1) is 18.1. The fourth-order valence-electron chi connectivity index (χ4n) is 2.89. The molecule has 1 N–H and O–H groups in total. The van der Waals surface area contributed by atoms with E-state index in [0.717, 1.165) is 35.9 Å². The zero-order valence-electron chi connectivity index (χ0n) is 14.1. The van der Waals surface area contributed by atoms with Gasteiger partial charge in [0.1, 0.15) is 0 Å². The van der Waals surface area contributed by atoms with Crippen molar-refractivity contribution in [2.75, 3.05) is 5.32 Å². The van der Waals surface area contributed by atoms with Crippen LogP contribution in [0.1, 0.15) is 10.4 Å². The van der Waals surface area contributed by atoms with Crippen molar-refractivity contribution < 1.29 is 4.79 Å². The molecule has 0 aliphatic heterocycles. The summed E-state index contributed by atoms with van der Waals surface area (Å²) in [6, 6.07) is 25.2. The minimum atomic E-state index is -0.147. The molecule has 4 rings (SSSR count). The third kappa shape index (κ3) is 4.04. The summed E-state index contributed by atoms with van der Waals surface area (Å²) in [5, 5.41) is 3.82. The van der Waals surface area contributed by atoms with E-state index >= 15 is 0 Å². The Morgan fingerprint density at radius 3 is 2.48 bits per heavy atom. The molecule has 0 radical (unpaired) electrons. The van der Waals surface area contributed by atoms with Crippen LogP contribution in [0.25, 0.3) is 22.2 Å². The van der Waals surface area contributed by atoms with E-state index in [1.807, 2.05) is 78.9 Å². The van der Waals surface area contributed by atoms with Crippen molar-refractivity contribution in [2.24, 2.45) is 0 Å². The van der Waals surface area contributed by atoms with Gasteiger partial charge in [0.25, 0.3) is 5.91 Å². The Bertz CT molecular complexity index is 1140. The second-order valence-electron chi connectivity index (χ2n) is 6.04. The van der Waals surface area contributed by atoms with Crippen molar-refractivity contribution in [1.82, 2.24) is 4.98 Å². The van der Waals surface area contributed by atoms with Gasteiger partial charge in [-0.15, -0.1) is 0 Å². The van der Waals surface area contributed by atoms with Gasteiger partial charge in [-0.25, -0.2) is 4.98 Å². The number of rotatable bonds is 3. The van der Waals surface area contributed by atoms with Crippen molar-refractivity contribution in [3.63, 3.8) is 0 Å². The van der Waals surface area contributed by atoms with E-state index < -0.39 is 0 Å². The molecule has 0 aliphatic rings. The van der Waals surface area contributed by atoms with Crippen molar-refractivity contribution in [1.29, 1.82) is 0 Å². The topological polar surface area (TPSA) is 42.0 Å². The molecule has 0 spiro atoms. The zero-order valence-corrected chi connectivity index (χ0v) is 17.9. The summed E-state index contributed by atoms with van der Waals surface area (Å²) in [5.74, 6) is -0.147. The number of halogens is 2. The molecule has 0 saturated carbocycles. The fraction of sp³-hybridized carbons (Fsp3) is 0. The summed E-state index contributed by atoms with van der Waals surface area (Å²) in [4.78, 5) is 17.8. The van der Waals surface area contributed by atoms with Crippen molar-refractivity contribution in [2.45, 2.75) is 0 Å². The summed E-state index contributed by atoms with van der Waals surface area (Å²) in [7, 11) is 0. The molecule has 27 heavy (non-hydrogen) atoms. The molecule has 3 nitrogen and oxygen atoms in total. The molecule has 1 heterocycles. The van der Waals surface area contributed by atoms with E-state index in [4.69, 9.17) is 4.98 Å². The molecular weight excluding hydrogens is 515 g/mol. The lowest BCUT2D eigenvalue weighted by Gasteiger charge is -2.11. The number of hydrogen-bond acceptors (Lipinski definition) is 2. The number of nitrogens with zero attached hydrogens (tertiary/aromatic N) is 1. The molecule has 0 aliphatic carbocycles. The van der Waals surface area contributed by atoms with Gasteiger partial charge in [-0.05, 0) is 71.1 Å². The number of benzene rings is 3. The highest BCUT2D eigenvalue weighted by Gasteiger charge is 2.14. The maximum Gasteiger partial charge on any atom is 0.256 e. The smallest absolute Gasteiger partial charge is 0.256 e. The van der Waals surface area contributed by atoms with Crippen LogP contribution in [0.3, 0.4) is 0 Å². The standard InChI is InChI=1S/C22H14BrIN2O/c23-15-5-3-4-14(12-15)21-13-19(18-6-1-2-7-20(18)26-21)22(27)25-17-10-8-16(24)9-11-17/h1-13H,(H,25,27). The maximum absolute atomic E-state index is 13.0. The van der Waals surface area contributed by atoms with E-state index in [1.165, 1.54) is 0 Å². The minimum absolute atomic E-state index is 0.147. The Morgan fingerprint density at radius 2 is 1.70 bits per heavy atom. The Morgan fingerprint density at radius 1 is 0.926 bits per heavy atom. The van der Waals surface area contributed by atoms with E-state index in [2.05, 4.69) is 43.8 Å². The first-order chi connectivity index (χ1) is 13.1. The lowest BCUT2D eigenvalue weighted by Crippen LogP contribution is -2.13. The van der Waals surface area contributed by atoms with Crippen LogP contribution >= 0.6 is 38.5 Å². The van der Waals surface area contributed by atoms with Crippen molar-refractivity contribution in [3.05, 3.63) is 92.5 Å². The lowest BCUT2D eigenvalue weighted by molar-refractivity contribution is 0.102. The van der Waals surface area contributed by atoms with Crippen molar-refractivity contribution >= 4 is 61.0 Å². The highest BCUT2D eigenvalue weighted by molar-refractivity contribution is 14.1. The van der Waals surface area contributed by atoms with Crippen LogP contribution in [0, 0.1) is 3.57 Å². The number of pyridine rings is 1. The van der Waals surface area contributed by atoms with Crippen LogP contribution in [-0.2, 0) is 0 Å². The number of carbonyl (C=O) groups excluding carboxylic acids is 1. The number of amides is 1. The highest BCUT2D eigenvalue weighted by Crippen LogP contribution is 2.27. The fourth-order valence-corrected chi connectivity index (χ4v) is 3.65. The summed E-state index contributed by atoms with van der Waals surface area (Å²) >= 11 is 5.74. The molecule has 1 amide bonds. The number of aromatic nitrogens is 1. The van der Waals surface area contributed by atoms with E-state index in [1.54, 1.807) is 0 Å². The molecule has 0 atom stereocenters. The summed E-state index contributed by atoms with van der Waals surface area (Å²) in [6.45, 7) is 0. The molecule has 1 aromatic heterocycles. The van der Waals surface area contributed by atoms with Gasteiger partial charge in [0.2, 0.25) is 0 Å². The quantitative estimate of drug-likeness (QED) is 0.307. The first-order valence-corrected chi connectivity index (χ1v) is 10.2. The number of hydrogen-bond donors (Lipinski definition) is 1. The van der Waals surface area contributed by atoms with Crippen LogP contribution in [0.2, 0.25) is 0 Å². The van der Waals surface area contributed by atoms with E-state index in [-0.39, 0.29) is 5.91 Å².